The number of likely N-dealkylation sites (N-methyl/N-ethyl adjacent to an activating group) is 1. The molecule has 0 atom stereocenters. The Morgan fingerprint density at radius 1 is 0.889 bits per heavy atom. The molecule has 8 nitrogen and oxygen atoms in total. The van der Waals surface area contributed by atoms with Crippen LogP contribution in [0.15, 0.2) is 30.3 Å². The molecule has 0 radical (unpaired) electrons. The Labute approximate surface area is 217 Å². The second-order valence-electron chi connectivity index (χ2n) is 7.91. The van der Waals surface area contributed by atoms with Crippen molar-refractivity contribution in [1.82, 2.24) is 9.88 Å². The van der Waals surface area contributed by atoms with Crippen LogP contribution in [0.3, 0.4) is 0 Å². The highest BCUT2D eigenvalue weighted by atomic mass is 32.1. The van der Waals surface area contributed by atoms with Crippen molar-refractivity contribution >= 4 is 32.6 Å². The number of benzene rings is 2. The molecule has 0 saturated heterocycles. The van der Waals surface area contributed by atoms with E-state index in [0.29, 0.717) is 54.3 Å². The third-order valence-corrected chi connectivity index (χ3v) is 6.81. The van der Waals surface area contributed by atoms with Gasteiger partial charge in [0.15, 0.2) is 16.6 Å². The standard InChI is InChI=1S/C27H37N3O5S/c1-7-29(8-2)14-15-30(27-28-21-18-20(32-6)12-13-24(21)36-27)26(31)19-16-22(33-9-3)25(35-11-5)23(17-19)34-10-4/h12-13,16-18H,7-11,14-15H2,1-6H3. The zero-order chi connectivity index (χ0) is 26.1. The molecular formula is C27H37N3O5S. The van der Waals surface area contributed by atoms with Gasteiger partial charge in [0.25, 0.3) is 5.91 Å². The summed E-state index contributed by atoms with van der Waals surface area (Å²) in [5.41, 5.74) is 1.26. The van der Waals surface area contributed by atoms with E-state index in [1.165, 1.54) is 11.3 Å². The van der Waals surface area contributed by atoms with Crippen molar-refractivity contribution in [3.05, 3.63) is 35.9 Å². The van der Waals surface area contributed by atoms with Crippen LogP contribution in [0.25, 0.3) is 10.2 Å². The van der Waals surface area contributed by atoms with Crippen LogP contribution in [0.4, 0.5) is 5.13 Å². The number of methoxy groups -OCH3 is 1. The minimum Gasteiger partial charge on any atom is -0.497 e. The maximum absolute atomic E-state index is 14.0. The maximum atomic E-state index is 14.0. The molecule has 0 aliphatic carbocycles. The maximum Gasteiger partial charge on any atom is 0.260 e. The number of carbonyl (C=O) groups is 1. The Hall–Kier alpha value is -3.04. The molecule has 0 saturated carbocycles. The van der Waals surface area contributed by atoms with Crippen LogP contribution in [0.5, 0.6) is 23.0 Å². The highest BCUT2D eigenvalue weighted by molar-refractivity contribution is 7.22. The van der Waals surface area contributed by atoms with Gasteiger partial charge in [0, 0.05) is 24.7 Å². The van der Waals surface area contributed by atoms with E-state index >= 15 is 0 Å². The molecule has 3 aromatic rings. The first-order valence-electron chi connectivity index (χ1n) is 12.5. The Bertz CT molecular complexity index is 1120. The van der Waals surface area contributed by atoms with Crippen molar-refractivity contribution in [2.24, 2.45) is 0 Å². The van der Waals surface area contributed by atoms with E-state index in [0.717, 1.165) is 35.6 Å². The SMILES string of the molecule is CCOc1cc(C(=O)N(CCN(CC)CC)c2nc3cc(OC)ccc3s2)cc(OCC)c1OCC. The van der Waals surface area contributed by atoms with Gasteiger partial charge in [0.05, 0.1) is 37.1 Å². The number of hydrogen-bond acceptors (Lipinski definition) is 8. The summed E-state index contributed by atoms with van der Waals surface area (Å²) in [6.45, 7) is 14.3. The molecule has 1 heterocycles. The van der Waals surface area contributed by atoms with E-state index in [4.69, 9.17) is 23.9 Å². The summed E-state index contributed by atoms with van der Waals surface area (Å²) in [7, 11) is 1.63. The van der Waals surface area contributed by atoms with Crippen molar-refractivity contribution < 1.29 is 23.7 Å². The number of anilines is 1. The zero-order valence-corrected chi connectivity index (χ0v) is 22.9. The summed E-state index contributed by atoms with van der Waals surface area (Å²) in [4.78, 5) is 22.8. The number of hydrogen-bond donors (Lipinski definition) is 0. The Morgan fingerprint density at radius 3 is 2.08 bits per heavy atom. The summed E-state index contributed by atoms with van der Waals surface area (Å²) in [5, 5.41) is 0.639. The average Bonchev–Trinajstić information content (AvgIpc) is 3.31. The van der Waals surface area contributed by atoms with Crippen molar-refractivity contribution in [3.8, 4) is 23.0 Å². The Kier molecular flexibility index (Phi) is 10.2. The van der Waals surface area contributed by atoms with Crippen molar-refractivity contribution in [2.45, 2.75) is 34.6 Å². The number of thiazole rings is 1. The fraction of sp³-hybridized carbons (Fsp3) is 0.481. The number of aromatic nitrogens is 1. The minimum atomic E-state index is -0.168. The first kappa shape index (κ1) is 27.5. The largest absolute Gasteiger partial charge is 0.497 e. The zero-order valence-electron chi connectivity index (χ0n) is 22.1. The van der Waals surface area contributed by atoms with E-state index in [-0.39, 0.29) is 5.91 Å². The molecule has 0 aliphatic heterocycles. The number of rotatable bonds is 14. The summed E-state index contributed by atoms with van der Waals surface area (Å²) >= 11 is 1.49. The number of carbonyl (C=O) groups excluding carboxylic acids is 1. The topological polar surface area (TPSA) is 73.4 Å². The van der Waals surface area contributed by atoms with E-state index in [2.05, 4.69) is 18.7 Å². The number of amides is 1. The second-order valence-corrected chi connectivity index (χ2v) is 8.92. The molecule has 1 aromatic heterocycles. The lowest BCUT2D eigenvalue weighted by Gasteiger charge is -2.25. The third-order valence-electron chi connectivity index (χ3n) is 5.75. The van der Waals surface area contributed by atoms with Crippen LogP contribution in [0.1, 0.15) is 45.0 Å². The van der Waals surface area contributed by atoms with Gasteiger partial charge in [0.2, 0.25) is 5.75 Å². The lowest BCUT2D eigenvalue weighted by molar-refractivity contribution is 0.0982. The highest BCUT2D eigenvalue weighted by Crippen LogP contribution is 2.40. The van der Waals surface area contributed by atoms with Gasteiger partial charge < -0.3 is 23.8 Å². The molecule has 36 heavy (non-hydrogen) atoms. The van der Waals surface area contributed by atoms with Crippen LogP contribution >= 0.6 is 11.3 Å². The van der Waals surface area contributed by atoms with E-state index in [1.54, 1.807) is 24.1 Å². The second kappa shape index (κ2) is 13.3. The highest BCUT2D eigenvalue weighted by Gasteiger charge is 2.25. The summed E-state index contributed by atoms with van der Waals surface area (Å²) in [6.07, 6.45) is 0. The lowest BCUT2D eigenvalue weighted by Crippen LogP contribution is -2.38. The van der Waals surface area contributed by atoms with Crippen LogP contribution in [0, 0.1) is 0 Å². The van der Waals surface area contributed by atoms with Gasteiger partial charge in [-0.05, 0) is 58.1 Å². The molecule has 3 rings (SSSR count). The van der Waals surface area contributed by atoms with Gasteiger partial charge in [-0.2, -0.15) is 0 Å². The predicted octanol–water partition coefficient (Wildman–Crippen LogP) is 5.49. The molecule has 0 fully saturated rings. The van der Waals surface area contributed by atoms with Crippen molar-refractivity contribution in [3.63, 3.8) is 0 Å². The fourth-order valence-corrected chi connectivity index (χ4v) is 4.84. The molecule has 0 bridgehead atoms. The summed E-state index contributed by atoms with van der Waals surface area (Å²) < 4.78 is 23.9. The molecule has 0 unspecified atom stereocenters. The fourth-order valence-electron chi connectivity index (χ4n) is 3.87. The smallest absolute Gasteiger partial charge is 0.260 e. The molecular weight excluding hydrogens is 478 g/mol. The van der Waals surface area contributed by atoms with Gasteiger partial charge >= 0.3 is 0 Å². The van der Waals surface area contributed by atoms with E-state index in [1.807, 2.05) is 39.0 Å². The minimum absolute atomic E-state index is 0.168. The Balaban J connectivity index is 2.07. The predicted molar refractivity (Wildman–Crippen MR) is 146 cm³/mol. The van der Waals surface area contributed by atoms with E-state index < -0.39 is 0 Å². The number of fused-ring (bicyclic) bond motifs is 1. The van der Waals surface area contributed by atoms with Crippen LogP contribution in [-0.4, -0.2) is 68.9 Å². The normalized spacial score (nSPS) is 11.1. The van der Waals surface area contributed by atoms with Crippen LogP contribution < -0.4 is 23.8 Å². The van der Waals surface area contributed by atoms with Crippen molar-refractivity contribution in [2.75, 3.05) is 58.0 Å². The average molecular weight is 516 g/mol. The molecule has 2 aromatic carbocycles. The lowest BCUT2D eigenvalue weighted by atomic mass is 10.1. The molecule has 0 N–H and O–H groups in total. The third kappa shape index (κ3) is 6.39. The first-order chi connectivity index (χ1) is 17.5. The van der Waals surface area contributed by atoms with Crippen LogP contribution in [0.2, 0.25) is 0 Å². The Morgan fingerprint density at radius 2 is 1.53 bits per heavy atom. The van der Waals surface area contributed by atoms with Gasteiger partial charge in [0.1, 0.15) is 5.75 Å². The molecule has 1 amide bonds. The summed E-state index contributed by atoms with van der Waals surface area (Å²) in [5.74, 6) is 2.06. The summed E-state index contributed by atoms with van der Waals surface area (Å²) in [6, 6.07) is 9.24. The number of nitrogens with zero attached hydrogens (tertiary/aromatic N) is 3. The molecule has 196 valence electrons. The van der Waals surface area contributed by atoms with Gasteiger partial charge in [-0.15, -0.1) is 0 Å². The first-order valence-corrected chi connectivity index (χ1v) is 13.4. The van der Waals surface area contributed by atoms with E-state index in [9.17, 15) is 4.79 Å². The van der Waals surface area contributed by atoms with Gasteiger partial charge in [-0.1, -0.05) is 25.2 Å². The number of ether oxygens (including phenoxy) is 4. The monoisotopic (exact) mass is 515 g/mol. The molecule has 9 heteroatoms. The molecule has 0 spiro atoms. The van der Waals surface area contributed by atoms with Gasteiger partial charge in [-0.3, -0.25) is 9.69 Å². The quantitative estimate of drug-likeness (QED) is 0.281. The van der Waals surface area contributed by atoms with Crippen molar-refractivity contribution in [1.29, 1.82) is 0 Å². The van der Waals surface area contributed by atoms with Crippen LogP contribution in [-0.2, 0) is 0 Å². The van der Waals surface area contributed by atoms with Gasteiger partial charge in [-0.25, -0.2) is 4.98 Å². The molecule has 0 aliphatic rings.